The molecule has 0 saturated carbocycles. The van der Waals surface area contributed by atoms with Gasteiger partial charge in [-0.1, -0.05) is 0 Å². The van der Waals surface area contributed by atoms with Crippen LogP contribution in [0.15, 0.2) is 18.3 Å². The fourth-order valence-electron chi connectivity index (χ4n) is 4.98. The third-order valence-electron chi connectivity index (χ3n) is 6.68. The van der Waals surface area contributed by atoms with Crippen molar-refractivity contribution in [2.75, 3.05) is 44.2 Å². The Kier molecular flexibility index (Phi) is 5.95. The van der Waals surface area contributed by atoms with Gasteiger partial charge in [-0.25, -0.2) is 4.98 Å². The molecule has 152 valence electrons. The molecule has 1 amide bonds. The number of hydrogen-bond acceptors (Lipinski definition) is 5. The van der Waals surface area contributed by atoms with Gasteiger partial charge in [0.2, 0.25) is 5.91 Å². The van der Waals surface area contributed by atoms with Gasteiger partial charge in [-0.05, 0) is 64.1 Å². The number of ketones is 1. The Balaban J connectivity index is 1.30. The predicted molar refractivity (Wildman–Crippen MR) is 110 cm³/mol. The molecule has 0 bridgehead atoms. The monoisotopic (exact) mass is 384 g/mol. The molecule has 6 nitrogen and oxygen atoms in total. The standard InChI is InChI=1S/C22H32N4O2/c1-17(27)18-6-7-21(23-15-18)24-13-8-20(9-14-24)26-12-4-5-19(16-26)22(28)25-10-2-3-11-25/h6-7,15,19-20H,2-5,8-14,16H2,1H3/t19-/m1/s1. The molecular formula is C22H32N4O2. The Morgan fingerprint density at radius 2 is 1.71 bits per heavy atom. The third kappa shape index (κ3) is 4.22. The molecule has 0 aliphatic carbocycles. The van der Waals surface area contributed by atoms with Crippen LogP contribution < -0.4 is 4.90 Å². The fraction of sp³-hybridized carbons (Fsp3) is 0.682. The first-order valence-corrected chi connectivity index (χ1v) is 10.9. The zero-order chi connectivity index (χ0) is 19.5. The molecule has 3 aliphatic heterocycles. The van der Waals surface area contributed by atoms with Crippen molar-refractivity contribution < 1.29 is 9.59 Å². The normalized spacial score (nSPS) is 24.5. The Labute approximate surface area is 167 Å². The number of pyridine rings is 1. The largest absolute Gasteiger partial charge is 0.357 e. The molecular weight excluding hydrogens is 352 g/mol. The first kappa shape index (κ1) is 19.4. The lowest BCUT2D eigenvalue weighted by molar-refractivity contribution is -0.136. The van der Waals surface area contributed by atoms with Crippen LogP contribution in [0.2, 0.25) is 0 Å². The number of rotatable bonds is 4. The molecule has 4 rings (SSSR count). The van der Waals surface area contributed by atoms with Crippen LogP contribution in [0.5, 0.6) is 0 Å². The van der Waals surface area contributed by atoms with E-state index in [0.29, 0.717) is 17.5 Å². The Hall–Kier alpha value is -1.95. The van der Waals surface area contributed by atoms with Gasteiger partial charge in [0.05, 0.1) is 5.92 Å². The number of piperidine rings is 2. The van der Waals surface area contributed by atoms with E-state index in [9.17, 15) is 9.59 Å². The number of aromatic nitrogens is 1. The molecule has 0 unspecified atom stereocenters. The summed E-state index contributed by atoms with van der Waals surface area (Å²) >= 11 is 0. The highest BCUT2D eigenvalue weighted by molar-refractivity contribution is 5.93. The molecule has 0 N–H and O–H groups in total. The molecule has 3 aliphatic rings. The molecule has 1 atom stereocenters. The van der Waals surface area contributed by atoms with Gasteiger partial charge < -0.3 is 9.80 Å². The quantitative estimate of drug-likeness (QED) is 0.747. The Morgan fingerprint density at radius 3 is 2.36 bits per heavy atom. The van der Waals surface area contributed by atoms with E-state index >= 15 is 0 Å². The summed E-state index contributed by atoms with van der Waals surface area (Å²) in [5, 5.41) is 0. The van der Waals surface area contributed by atoms with Crippen molar-refractivity contribution in [3.63, 3.8) is 0 Å². The van der Waals surface area contributed by atoms with Gasteiger partial charge >= 0.3 is 0 Å². The topological polar surface area (TPSA) is 56.8 Å². The fourth-order valence-corrected chi connectivity index (χ4v) is 4.98. The highest BCUT2D eigenvalue weighted by Crippen LogP contribution is 2.27. The van der Waals surface area contributed by atoms with Crippen LogP contribution in [0.1, 0.15) is 55.8 Å². The van der Waals surface area contributed by atoms with Crippen LogP contribution in [0.25, 0.3) is 0 Å². The summed E-state index contributed by atoms with van der Waals surface area (Å²) in [4.78, 5) is 35.7. The SMILES string of the molecule is CC(=O)c1ccc(N2CCC(N3CCC[C@@H](C(=O)N4CCCC4)C3)CC2)nc1. The summed E-state index contributed by atoms with van der Waals surface area (Å²) in [6.45, 7) is 7.52. The first-order chi connectivity index (χ1) is 13.6. The summed E-state index contributed by atoms with van der Waals surface area (Å²) in [7, 11) is 0. The van der Waals surface area contributed by atoms with Crippen LogP contribution in [0.4, 0.5) is 5.82 Å². The predicted octanol–water partition coefficient (Wildman–Crippen LogP) is 2.59. The lowest BCUT2D eigenvalue weighted by atomic mass is 9.93. The maximum Gasteiger partial charge on any atom is 0.226 e. The van der Waals surface area contributed by atoms with E-state index in [2.05, 4.69) is 19.7 Å². The average molecular weight is 385 g/mol. The molecule has 4 heterocycles. The van der Waals surface area contributed by atoms with Gasteiger partial charge in [0.25, 0.3) is 0 Å². The minimum absolute atomic E-state index is 0.0564. The maximum atomic E-state index is 12.8. The Morgan fingerprint density at radius 1 is 0.964 bits per heavy atom. The van der Waals surface area contributed by atoms with E-state index < -0.39 is 0 Å². The lowest BCUT2D eigenvalue weighted by Gasteiger charge is -2.42. The van der Waals surface area contributed by atoms with Crippen molar-refractivity contribution in [2.24, 2.45) is 5.92 Å². The number of likely N-dealkylation sites (tertiary alicyclic amines) is 2. The van der Waals surface area contributed by atoms with E-state index in [1.807, 2.05) is 12.1 Å². The van der Waals surface area contributed by atoms with E-state index in [1.165, 1.54) is 12.8 Å². The highest BCUT2D eigenvalue weighted by Gasteiger charge is 2.34. The van der Waals surface area contributed by atoms with Gasteiger partial charge in [-0.15, -0.1) is 0 Å². The number of anilines is 1. The van der Waals surface area contributed by atoms with Crippen LogP contribution in [-0.4, -0.2) is 71.8 Å². The minimum Gasteiger partial charge on any atom is -0.357 e. The number of hydrogen-bond donors (Lipinski definition) is 0. The zero-order valence-electron chi connectivity index (χ0n) is 17.0. The summed E-state index contributed by atoms with van der Waals surface area (Å²) < 4.78 is 0. The number of amides is 1. The molecule has 6 heteroatoms. The second-order valence-electron chi connectivity index (χ2n) is 8.55. The number of carbonyl (C=O) groups is 2. The lowest BCUT2D eigenvalue weighted by Crippen LogP contribution is -2.51. The highest BCUT2D eigenvalue weighted by atomic mass is 16.2. The minimum atomic E-state index is 0.0564. The number of nitrogens with zero attached hydrogens (tertiary/aromatic N) is 4. The van der Waals surface area contributed by atoms with E-state index in [-0.39, 0.29) is 11.7 Å². The smallest absolute Gasteiger partial charge is 0.226 e. The van der Waals surface area contributed by atoms with Crippen LogP contribution in [0.3, 0.4) is 0 Å². The molecule has 0 spiro atoms. The van der Waals surface area contributed by atoms with Gasteiger partial charge in [0.1, 0.15) is 5.82 Å². The van der Waals surface area contributed by atoms with Crippen molar-refractivity contribution >= 4 is 17.5 Å². The maximum absolute atomic E-state index is 12.8. The molecule has 0 aromatic carbocycles. The van der Waals surface area contributed by atoms with Crippen LogP contribution in [0, 0.1) is 5.92 Å². The summed E-state index contributed by atoms with van der Waals surface area (Å²) in [5.41, 5.74) is 0.667. The van der Waals surface area contributed by atoms with Gasteiger partial charge in [0, 0.05) is 50.5 Å². The van der Waals surface area contributed by atoms with Crippen molar-refractivity contribution in [3.05, 3.63) is 23.9 Å². The molecule has 3 fully saturated rings. The molecule has 28 heavy (non-hydrogen) atoms. The summed E-state index contributed by atoms with van der Waals surface area (Å²) in [5.74, 6) is 1.62. The van der Waals surface area contributed by atoms with Gasteiger partial charge in [-0.2, -0.15) is 0 Å². The third-order valence-corrected chi connectivity index (χ3v) is 6.68. The molecule has 3 saturated heterocycles. The summed E-state index contributed by atoms with van der Waals surface area (Å²) in [6, 6.07) is 4.40. The average Bonchev–Trinajstić information content (AvgIpc) is 3.28. The molecule has 1 aromatic rings. The molecule has 0 radical (unpaired) electrons. The number of carbonyl (C=O) groups excluding carboxylic acids is 2. The second kappa shape index (κ2) is 8.60. The van der Waals surface area contributed by atoms with Crippen molar-refractivity contribution in [1.29, 1.82) is 0 Å². The molecule has 1 aromatic heterocycles. The van der Waals surface area contributed by atoms with Crippen LogP contribution in [-0.2, 0) is 4.79 Å². The van der Waals surface area contributed by atoms with Crippen molar-refractivity contribution in [2.45, 2.75) is 51.5 Å². The Bertz CT molecular complexity index is 691. The van der Waals surface area contributed by atoms with E-state index in [4.69, 9.17) is 0 Å². The van der Waals surface area contributed by atoms with Gasteiger partial charge in [-0.3, -0.25) is 14.5 Å². The first-order valence-electron chi connectivity index (χ1n) is 10.9. The van der Waals surface area contributed by atoms with Crippen LogP contribution >= 0.6 is 0 Å². The second-order valence-corrected chi connectivity index (χ2v) is 8.55. The van der Waals surface area contributed by atoms with Crippen molar-refractivity contribution in [3.8, 4) is 0 Å². The van der Waals surface area contributed by atoms with E-state index in [1.54, 1.807) is 13.1 Å². The zero-order valence-corrected chi connectivity index (χ0v) is 17.0. The van der Waals surface area contributed by atoms with E-state index in [0.717, 1.165) is 70.8 Å². The number of Topliss-reactive ketones (excluding diaryl/α,β-unsaturated/α-hetero) is 1. The summed E-state index contributed by atoms with van der Waals surface area (Å²) in [6.07, 6.45) is 8.43. The van der Waals surface area contributed by atoms with Crippen molar-refractivity contribution in [1.82, 2.24) is 14.8 Å². The van der Waals surface area contributed by atoms with Gasteiger partial charge in [0.15, 0.2) is 5.78 Å².